The smallest absolute Gasteiger partial charge is 0.166 e. The van der Waals surface area contributed by atoms with Gasteiger partial charge >= 0.3 is 0 Å². The fraction of sp³-hybridized carbons (Fsp3) is 0.500. The topological polar surface area (TPSA) is 55.1 Å². The molecule has 1 N–H and O–H groups in total. The third-order valence-corrected chi connectivity index (χ3v) is 1.59. The van der Waals surface area contributed by atoms with Gasteiger partial charge in [0.05, 0.1) is 12.1 Å². The summed E-state index contributed by atoms with van der Waals surface area (Å²) in [5, 5.41) is 12.9. The Morgan fingerprint density at radius 3 is 2.92 bits per heavy atom. The minimum absolute atomic E-state index is 0.200. The number of aliphatic hydroxyl groups excluding tert-OH is 1. The molecule has 0 aliphatic heterocycles. The van der Waals surface area contributed by atoms with Crippen LogP contribution in [-0.2, 0) is 18.3 Å². The summed E-state index contributed by atoms with van der Waals surface area (Å²) >= 11 is 0. The van der Waals surface area contributed by atoms with Gasteiger partial charge in [0, 0.05) is 13.2 Å². The molecule has 0 bridgehead atoms. The SMILES string of the molecule is CC(O)C(=O)Cc1ccn(C)n1. The van der Waals surface area contributed by atoms with Crippen molar-refractivity contribution < 1.29 is 9.90 Å². The average molecular weight is 168 g/mol. The molecule has 66 valence electrons. The number of aryl methyl sites for hydroxylation is 1. The third kappa shape index (κ3) is 2.17. The minimum atomic E-state index is -0.896. The molecule has 4 heteroatoms. The van der Waals surface area contributed by atoms with E-state index in [0.29, 0.717) is 5.69 Å². The summed E-state index contributed by atoms with van der Waals surface area (Å²) in [6.07, 6.45) is 1.08. The first kappa shape index (κ1) is 8.93. The predicted molar refractivity (Wildman–Crippen MR) is 43.6 cm³/mol. The maximum atomic E-state index is 11.0. The van der Waals surface area contributed by atoms with Crippen LogP contribution in [0.25, 0.3) is 0 Å². The van der Waals surface area contributed by atoms with Crippen molar-refractivity contribution in [1.29, 1.82) is 0 Å². The molecule has 1 aromatic heterocycles. The molecule has 0 fully saturated rings. The number of hydrogen-bond donors (Lipinski definition) is 1. The van der Waals surface area contributed by atoms with Crippen LogP contribution in [0, 0.1) is 0 Å². The van der Waals surface area contributed by atoms with E-state index >= 15 is 0 Å². The highest BCUT2D eigenvalue weighted by Crippen LogP contribution is 1.98. The van der Waals surface area contributed by atoms with Crippen LogP contribution in [0.3, 0.4) is 0 Å². The fourth-order valence-electron chi connectivity index (χ4n) is 0.884. The van der Waals surface area contributed by atoms with Gasteiger partial charge in [-0.3, -0.25) is 9.48 Å². The number of carbonyl (C=O) groups is 1. The van der Waals surface area contributed by atoms with Crippen molar-refractivity contribution in [3.05, 3.63) is 18.0 Å². The van der Waals surface area contributed by atoms with Crippen LogP contribution in [0.4, 0.5) is 0 Å². The van der Waals surface area contributed by atoms with Gasteiger partial charge in [0.1, 0.15) is 6.10 Å². The Morgan fingerprint density at radius 2 is 2.50 bits per heavy atom. The predicted octanol–water partition coefficient (Wildman–Crippen LogP) is -0.0875. The summed E-state index contributed by atoms with van der Waals surface area (Å²) in [5.74, 6) is -0.200. The molecule has 0 aliphatic carbocycles. The summed E-state index contributed by atoms with van der Waals surface area (Å²) < 4.78 is 1.63. The Labute approximate surface area is 70.8 Å². The quantitative estimate of drug-likeness (QED) is 0.686. The highest BCUT2D eigenvalue weighted by Gasteiger charge is 2.10. The number of rotatable bonds is 3. The lowest BCUT2D eigenvalue weighted by Gasteiger charge is -1.99. The maximum absolute atomic E-state index is 11.0. The maximum Gasteiger partial charge on any atom is 0.166 e. The van der Waals surface area contributed by atoms with Gasteiger partial charge in [-0.15, -0.1) is 0 Å². The van der Waals surface area contributed by atoms with E-state index in [1.165, 1.54) is 6.92 Å². The minimum Gasteiger partial charge on any atom is -0.386 e. The molecule has 4 nitrogen and oxygen atoms in total. The second kappa shape index (κ2) is 3.49. The van der Waals surface area contributed by atoms with Crippen LogP contribution < -0.4 is 0 Å². The third-order valence-electron chi connectivity index (χ3n) is 1.59. The van der Waals surface area contributed by atoms with Gasteiger partial charge in [-0.25, -0.2) is 0 Å². The molecule has 0 aromatic carbocycles. The van der Waals surface area contributed by atoms with Crippen molar-refractivity contribution in [3.63, 3.8) is 0 Å². The largest absolute Gasteiger partial charge is 0.386 e. The summed E-state index contributed by atoms with van der Waals surface area (Å²) in [7, 11) is 1.79. The molecular formula is C8H12N2O2. The summed E-state index contributed by atoms with van der Waals surface area (Å²) in [6.45, 7) is 1.46. The van der Waals surface area contributed by atoms with E-state index < -0.39 is 6.10 Å². The van der Waals surface area contributed by atoms with Crippen molar-refractivity contribution in [2.75, 3.05) is 0 Å². The van der Waals surface area contributed by atoms with Crippen LogP contribution >= 0.6 is 0 Å². The molecule has 0 saturated carbocycles. The zero-order chi connectivity index (χ0) is 9.14. The number of nitrogens with zero attached hydrogens (tertiary/aromatic N) is 2. The molecule has 0 aliphatic rings. The van der Waals surface area contributed by atoms with Crippen molar-refractivity contribution in [1.82, 2.24) is 9.78 Å². The molecule has 1 atom stereocenters. The van der Waals surface area contributed by atoms with Crippen LogP contribution in [0.15, 0.2) is 12.3 Å². The summed E-state index contributed by atoms with van der Waals surface area (Å²) in [6, 6.07) is 1.76. The Balaban J connectivity index is 2.58. The molecule has 1 aromatic rings. The number of aliphatic hydroxyl groups is 1. The van der Waals surface area contributed by atoms with Gasteiger partial charge in [-0.05, 0) is 13.0 Å². The van der Waals surface area contributed by atoms with E-state index in [1.807, 2.05) is 0 Å². The van der Waals surface area contributed by atoms with Crippen LogP contribution in [0.1, 0.15) is 12.6 Å². The van der Waals surface area contributed by atoms with Crippen molar-refractivity contribution in [2.24, 2.45) is 7.05 Å². The number of Topliss-reactive ketones (excluding diaryl/α,β-unsaturated/α-hetero) is 1. The van der Waals surface area contributed by atoms with E-state index in [-0.39, 0.29) is 12.2 Å². The normalized spacial score (nSPS) is 12.9. The molecule has 0 spiro atoms. The van der Waals surface area contributed by atoms with Gasteiger partial charge in [-0.2, -0.15) is 5.10 Å². The molecule has 0 radical (unpaired) electrons. The molecular weight excluding hydrogens is 156 g/mol. The number of carbonyl (C=O) groups excluding carboxylic acids is 1. The Hall–Kier alpha value is -1.16. The van der Waals surface area contributed by atoms with Gasteiger partial charge in [0.2, 0.25) is 0 Å². The second-order valence-electron chi connectivity index (χ2n) is 2.80. The average Bonchev–Trinajstić information content (AvgIpc) is 2.35. The van der Waals surface area contributed by atoms with E-state index in [1.54, 1.807) is 24.0 Å². The first-order valence-corrected chi connectivity index (χ1v) is 3.79. The van der Waals surface area contributed by atoms with E-state index in [4.69, 9.17) is 5.11 Å². The highest BCUT2D eigenvalue weighted by atomic mass is 16.3. The standard InChI is InChI=1S/C8H12N2O2/c1-6(11)8(12)5-7-3-4-10(2)9-7/h3-4,6,11H,5H2,1-2H3. The fourth-order valence-corrected chi connectivity index (χ4v) is 0.884. The zero-order valence-electron chi connectivity index (χ0n) is 7.19. The Kier molecular flexibility index (Phi) is 2.60. The lowest BCUT2D eigenvalue weighted by Crippen LogP contribution is -2.18. The Bertz CT molecular complexity index is 278. The number of ketones is 1. The van der Waals surface area contributed by atoms with Crippen molar-refractivity contribution in [2.45, 2.75) is 19.4 Å². The zero-order valence-corrected chi connectivity index (χ0v) is 7.19. The lowest BCUT2D eigenvalue weighted by molar-refractivity contribution is -0.125. The van der Waals surface area contributed by atoms with Gasteiger partial charge in [0.15, 0.2) is 5.78 Å². The lowest BCUT2D eigenvalue weighted by atomic mass is 10.1. The highest BCUT2D eigenvalue weighted by molar-refractivity contribution is 5.84. The number of aromatic nitrogens is 2. The van der Waals surface area contributed by atoms with Crippen LogP contribution in [0.2, 0.25) is 0 Å². The Morgan fingerprint density at radius 1 is 1.83 bits per heavy atom. The monoisotopic (exact) mass is 168 g/mol. The van der Waals surface area contributed by atoms with Crippen molar-refractivity contribution >= 4 is 5.78 Å². The molecule has 1 unspecified atom stereocenters. The van der Waals surface area contributed by atoms with Gasteiger partial charge in [0.25, 0.3) is 0 Å². The van der Waals surface area contributed by atoms with E-state index in [9.17, 15) is 4.79 Å². The summed E-state index contributed by atoms with van der Waals surface area (Å²) in [5.41, 5.74) is 0.698. The van der Waals surface area contributed by atoms with E-state index in [0.717, 1.165) is 0 Å². The molecule has 0 saturated heterocycles. The van der Waals surface area contributed by atoms with Crippen molar-refractivity contribution in [3.8, 4) is 0 Å². The van der Waals surface area contributed by atoms with Gasteiger partial charge < -0.3 is 5.11 Å². The van der Waals surface area contributed by atoms with E-state index in [2.05, 4.69) is 5.10 Å². The first-order chi connectivity index (χ1) is 5.59. The van der Waals surface area contributed by atoms with Crippen LogP contribution in [-0.4, -0.2) is 26.8 Å². The summed E-state index contributed by atoms with van der Waals surface area (Å²) in [4.78, 5) is 11.0. The first-order valence-electron chi connectivity index (χ1n) is 3.79. The molecule has 0 amide bonds. The number of hydrogen-bond acceptors (Lipinski definition) is 3. The van der Waals surface area contributed by atoms with Gasteiger partial charge in [-0.1, -0.05) is 0 Å². The van der Waals surface area contributed by atoms with Crippen LogP contribution in [0.5, 0.6) is 0 Å². The molecule has 1 heterocycles. The second-order valence-corrected chi connectivity index (χ2v) is 2.80. The molecule has 1 rings (SSSR count). The molecule has 12 heavy (non-hydrogen) atoms.